The molecule has 148 valence electrons. The average molecular weight is 374 g/mol. The van der Waals surface area contributed by atoms with E-state index in [1.807, 2.05) is 30.3 Å². The van der Waals surface area contributed by atoms with Gasteiger partial charge in [-0.15, -0.1) is 6.58 Å². The number of rotatable bonds is 6. The summed E-state index contributed by atoms with van der Waals surface area (Å²) in [5.74, 6) is -0.567. The molecule has 0 radical (unpaired) electrons. The zero-order valence-electron chi connectivity index (χ0n) is 16.6. The summed E-state index contributed by atoms with van der Waals surface area (Å²) in [6.07, 6.45) is 1.86. The number of allylic oxidation sites excluding steroid dienone is 1. The fourth-order valence-electron chi connectivity index (χ4n) is 3.39. The molecule has 0 saturated carbocycles. The van der Waals surface area contributed by atoms with Gasteiger partial charge in [0.1, 0.15) is 11.6 Å². The lowest BCUT2D eigenvalue weighted by atomic mass is 9.92. The molecular weight excluding hydrogens is 344 g/mol. The van der Waals surface area contributed by atoms with Crippen LogP contribution in [0.3, 0.4) is 0 Å². The fourth-order valence-corrected chi connectivity index (χ4v) is 3.39. The monoisotopic (exact) mass is 374 g/mol. The molecule has 6 nitrogen and oxygen atoms in total. The van der Waals surface area contributed by atoms with Crippen LogP contribution in [0.1, 0.15) is 32.8 Å². The summed E-state index contributed by atoms with van der Waals surface area (Å²) in [4.78, 5) is 26.6. The van der Waals surface area contributed by atoms with Crippen molar-refractivity contribution in [3.05, 3.63) is 48.6 Å². The summed E-state index contributed by atoms with van der Waals surface area (Å²) in [5, 5.41) is 3.48. The number of esters is 1. The Morgan fingerprint density at radius 3 is 2.52 bits per heavy atom. The van der Waals surface area contributed by atoms with Crippen molar-refractivity contribution in [1.29, 1.82) is 0 Å². The molecule has 6 heteroatoms. The summed E-state index contributed by atoms with van der Waals surface area (Å²) in [6, 6.07) is 9.24. The molecular formula is C21H30N2O4. The molecule has 3 unspecified atom stereocenters. The van der Waals surface area contributed by atoms with Crippen LogP contribution in [0.2, 0.25) is 0 Å². The van der Waals surface area contributed by atoms with E-state index in [0.717, 1.165) is 5.56 Å². The van der Waals surface area contributed by atoms with E-state index in [1.165, 1.54) is 12.0 Å². The number of carbonyl (C=O) groups is 2. The largest absolute Gasteiger partial charge is 0.467 e. The third-order valence-electron chi connectivity index (χ3n) is 4.57. The highest BCUT2D eigenvalue weighted by Crippen LogP contribution is 2.31. The molecule has 27 heavy (non-hydrogen) atoms. The number of methoxy groups -OCH3 is 1. The first-order valence-corrected chi connectivity index (χ1v) is 9.22. The maximum Gasteiger partial charge on any atom is 0.411 e. The van der Waals surface area contributed by atoms with E-state index in [9.17, 15) is 9.59 Å². The summed E-state index contributed by atoms with van der Waals surface area (Å²) in [6.45, 7) is 10.3. The van der Waals surface area contributed by atoms with Crippen molar-refractivity contribution >= 4 is 12.1 Å². The second kappa shape index (κ2) is 9.04. The van der Waals surface area contributed by atoms with Crippen molar-refractivity contribution in [2.45, 2.75) is 51.4 Å². The molecule has 1 N–H and O–H groups in total. The standard InChI is InChI=1S/C21H30N2O4/c1-6-10-16-17(22-13-15-11-8-7-9-12-15)14-23(18(16)19(24)26-5)20(25)27-21(2,3)4/h6-9,11-12,16-18,22H,1,10,13-14H2,2-5H3. The molecule has 1 aliphatic heterocycles. The maximum absolute atomic E-state index is 12.7. The summed E-state index contributed by atoms with van der Waals surface area (Å²) >= 11 is 0. The second-order valence-corrected chi connectivity index (χ2v) is 7.76. The quantitative estimate of drug-likeness (QED) is 0.612. The first-order chi connectivity index (χ1) is 12.8. The first-order valence-electron chi connectivity index (χ1n) is 9.22. The molecule has 1 amide bonds. The van der Waals surface area contributed by atoms with Gasteiger partial charge in [-0.25, -0.2) is 9.59 Å². The summed E-state index contributed by atoms with van der Waals surface area (Å²) < 4.78 is 10.5. The van der Waals surface area contributed by atoms with Crippen molar-refractivity contribution < 1.29 is 19.1 Å². The number of ether oxygens (including phenoxy) is 2. The highest BCUT2D eigenvalue weighted by atomic mass is 16.6. The number of hydrogen-bond donors (Lipinski definition) is 1. The van der Waals surface area contributed by atoms with Gasteiger partial charge in [0.2, 0.25) is 0 Å². The molecule has 2 rings (SSSR count). The molecule has 1 aromatic rings. The minimum Gasteiger partial charge on any atom is -0.467 e. The second-order valence-electron chi connectivity index (χ2n) is 7.76. The van der Waals surface area contributed by atoms with Gasteiger partial charge in [0.25, 0.3) is 0 Å². The van der Waals surface area contributed by atoms with E-state index in [-0.39, 0.29) is 12.0 Å². The Morgan fingerprint density at radius 1 is 1.30 bits per heavy atom. The number of benzene rings is 1. The van der Waals surface area contributed by atoms with Crippen LogP contribution in [0, 0.1) is 5.92 Å². The third kappa shape index (κ3) is 5.57. The predicted molar refractivity (Wildman–Crippen MR) is 104 cm³/mol. The van der Waals surface area contributed by atoms with Gasteiger partial charge in [-0.05, 0) is 32.8 Å². The molecule has 1 fully saturated rings. The van der Waals surface area contributed by atoms with Gasteiger partial charge in [-0.2, -0.15) is 0 Å². The van der Waals surface area contributed by atoms with Crippen LogP contribution < -0.4 is 5.32 Å². The topological polar surface area (TPSA) is 67.9 Å². The molecule has 0 bridgehead atoms. The van der Waals surface area contributed by atoms with Gasteiger partial charge in [-0.3, -0.25) is 4.90 Å². The van der Waals surface area contributed by atoms with Crippen LogP contribution in [0.5, 0.6) is 0 Å². The van der Waals surface area contributed by atoms with E-state index in [2.05, 4.69) is 11.9 Å². The zero-order chi connectivity index (χ0) is 20.0. The SMILES string of the molecule is C=CCC1C(NCc2ccccc2)CN(C(=O)OC(C)(C)C)C1C(=O)OC. The van der Waals surface area contributed by atoms with Gasteiger partial charge in [0.05, 0.1) is 7.11 Å². The van der Waals surface area contributed by atoms with Crippen LogP contribution in [0.15, 0.2) is 43.0 Å². The number of hydrogen-bond acceptors (Lipinski definition) is 5. The van der Waals surface area contributed by atoms with Crippen LogP contribution >= 0.6 is 0 Å². The molecule has 0 aromatic heterocycles. The molecule has 1 aliphatic rings. The summed E-state index contributed by atoms with van der Waals surface area (Å²) in [7, 11) is 1.34. The van der Waals surface area contributed by atoms with Gasteiger partial charge in [0.15, 0.2) is 0 Å². The number of carbonyl (C=O) groups excluding carboxylic acids is 2. The highest BCUT2D eigenvalue weighted by molar-refractivity contribution is 5.83. The Balaban J connectivity index is 2.21. The number of nitrogens with one attached hydrogen (secondary N) is 1. The van der Waals surface area contributed by atoms with Crippen molar-refractivity contribution in [3.63, 3.8) is 0 Å². The molecule has 1 aromatic carbocycles. The zero-order valence-corrected chi connectivity index (χ0v) is 16.6. The molecule has 1 heterocycles. The molecule has 0 aliphatic carbocycles. The van der Waals surface area contributed by atoms with Crippen molar-refractivity contribution in [2.75, 3.05) is 13.7 Å². The number of nitrogens with zero attached hydrogens (tertiary/aromatic N) is 1. The van der Waals surface area contributed by atoms with E-state index in [1.54, 1.807) is 26.8 Å². The van der Waals surface area contributed by atoms with Gasteiger partial charge >= 0.3 is 12.1 Å². The fraction of sp³-hybridized carbons (Fsp3) is 0.524. The smallest absolute Gasteiger partial charge is 0.411 e. The van der Waals surface area contributed by atoms with Gasteiger partial charge in [0, 0.05) is 25.0 Å². The van der Waals surface area contributed by atoms with Gasteiger partial charge < -0.3 is 14.8 Å². The van der Waals surface area contributed by atoms with Crippen molar-refractivity contribution in [1.82, 2.24) is 10.2 Å². The molecule has 3 atom stereocenters. The van der Waals surface area contributed by atoms with Crippen LogP contribution in [0.25, 0.3) is 0 Å². The Hall–Kier alpha value is -2.34. The third-order valence-corrected chi connectivity index (χ3v) is 4.57. The average Bonchev–Trinajstić information content (AvgIpc) is 2.98. The van der Waals surface area contributed by atoms with Crippen LogP contribution in [-0.2, 0) is 20.8 Å². The lowest BCUT2D eigenvalue weighted by molar-refractivity contribution is -0.147. The lowest BCUT2D eigenvalue weighted by Crippen LogP contribution is -2.46. The van der Waals surface area contributed by atoms with Gasteiger partial charge in [-0.1, -0.05) is 36.4 Å². The minimum absolute atomic E-state index is 0.0696. The van der Waals surface area contributed by atoms with E-state index in [4.69, 9.17) is 9.47 Å². The van der Waals surface area contributed by atoms with E-state index >= 15 is 0 Å². The Labute approximate surface area is 161 Å². The first kappa shape index (κ1) is 21.0. The Morgan fingerprint density at radius 2 is 1.96 bits per heavy atom. The van der Waals surface area contributed by atoms with Crippen molar-refractivity contribution in [2.24, 2.45) is 5.92 Å². The molecule has 0 spiro atoms. The number of amides is 1. The molecule has 1 saturated heterocycles. The maximum atomic E-state index is 12.7. The van der Waals surface area contributed by atoms with Crippen LogP contribution in [-0.4, -0.2) is 48.3 Å². The van der Waals surface area contributed by atoms with E-state index in [0.29, 0.717) is 19.5 Å². The minimum atomic E-state index is -0.698. The Kier molecular flexibility index (Phi) is 7.02. The highest BCUT2D eigenvalue weighted by Gasteiger charge is 2.48. The predicted octanol–water partition coefficient (Wildman–Crippen LogP) is 3.13. The Bertz CT molecular complexity index is 654. The number of likely N-dealkylation sites (tertiary alicyclic amines) is 1. The van der Waals surface area contributed by atoms with Crippen molar-refractivity contribution in [3.8, 4) is 0 Å². The van der Waals surface area contributed by atoms with Crippen LogP contribution in [0.4, 0.5) is 4.79 Å². The summed E-state index contributed by atoms with van der Waals surface area (Å²) in [5.41, 5.74) is 0.501. The lowest BCUT2D eigenvalue weighted by Gasteiger charge is -2.28. The normalized spacial score (nSPS) is 22.4. The van der Waals surface area contributed by atoms with E-state index < -0.39 is 23.7 Å².